The second kappa shape index (κ2) is 8.61. The highest BCUT2D eigenvalue weighted by atomic mass is 16.2. The zero-order valence-corrected chi connectivity index (χ0v) is 17.2. The number of nitrogens with zero attached hydrogens (tertiary/aromatic N) is 6. The number of hydrogen-bond acceptors (Lipinski definition) is 4. The fourth-order valence-electron chi connectivity index (χ4n) is 3.81. The number of benzene rings is 1. The summed E-state index contributed by atoms with van der Waals surface area (Å²) in [5.41, 5.74) is 2.91. The number of carbonyl (C=O) groups excluding carboxylic acids is 1. The van der Waals surface area contributed by atoms with E-state index in [4.69, 9.17) is 5.10 Å². The molecule has 0 N–H and O–H groups in total. The van der Waals surface area contributed by atoms with E-state index in [1.54, 1.807) is 0 Å². The molecule has 7 heteroatoms. The minimum atomic E-state index is 0.0922. The second-order valence-electron chi connectivity index (χ2n) is 7.70. The van der Waals surface area contributed by atoms with Gasteiger partial charge in [-0.2, -0.15) is 5.10 Å². The van der Waals surface area contributed by atoms with Crippen molar-refractivity contribution in [2.45, 2.75) is 39.5 Å². The van der Waals surface area contributed by atoms with Crippen molar-refractivity contribution in [2.75, 3.05) is 20.1 Å². The van der Waals surface area contributed by atoms with Crippen LogP contribution in [-0.2, 0) is 26.2 Å². The summed E-state index contributed by atoms with van der Waals surface area (Å²) in [4.78, 5) is 21.3. The Morgan fingerprint density at radius 3 is 2.79 bits per heavy atom. The SMILES string of the molecule is Cc1nccn1CCN(C)Cc1cc2n(n1)CCCN(C(=O)c1ccccc1)C2. The Morgan fingerprint density at radius 2 is 2.03 bits per heavy atom. The van der Waals surface area contributed by atoms with Crippen LogP contribution in [0.2, 0.25) is 0 Å². The second-order valence-corrected chi connectivity index (χ2v) is 7.70. The van der Waals surface area contributed by atoms with Crippen LogP contribution < -0.4 is 0 Å². The van der Waals surface area contributed by atoms with Crippen molar-refractivity contribution in [3.8, 4) is 0 Å². The molecule has 3 heterocycles. The zero-order chi connectivity index (χ0) is 20.2. The highest BCUT2D eigenvalue weighted by molar-refractivity contribution is 5.94. The molecule has 0 fully saturated rings. The summed E-state index contributed by atoms with van der Waals surface area (Å²) in [6.45, 7) is 6.88. The molecular weight excluding hydrogens is 364 g/mol. The monoisotopic (exact) mass is 392 g/mol. The summed E-state index contributed by atoms with van der Waals surface area (Å²) in [5, 5.41) is 4.80. The third kappa shape index (κ3) is 4.56. The van der Waals surface area contributed by atoms with Gasteiger partial charge in [-0.15, -0.1) is 0 Å². The zero-order valence-electron chi connectivity index (χ0n) is 17.2. The van der Waals surface area contributed by atoms with E-state index >= 15 is 0 Å². The van der Waals surface area contributed by atoms with Gasteiger partial charge in [0, 0.05) is 50.7 Å². The maximum absolute atomic E-state index is 12.9. The first-order valence-corrected chi connectivity index (χ1v) is 10.2. The maximum Gasteiger partial charge on any atom is 0.254 e. The largest absolute Gasteiger partial charge is 0.334 e. The molecule has 29 heavy (non-hydrogen) atoms. The van der Waals surface area contributed by atoms with Crippen LogP contribution in [0.5, 0.6) is 0 Å². The van der Waals surface area contributed by atoms with Gasteiger partial charge >= 0.3 is 0 Å². The van der Waals surface area contributed by atoms with Crippen molar-refractivity contribution in [1.82, 2.24) is 29.1 Å². The molecule has 1 amide bonds. The summed E-state index contributed by atoms with van der Waals surface area (Å²) in [6, 6.07) is 11.7. The van der Waals surface area contributed by atoms with E-state index in [-0.39, 0.29) is 5.91 Å². The van der Waals surface area contributed by atoms with E-state index in [1.165, 1.54) is 0 Å². The van der Waals surface area contributed by atoms with Crippen LogP contribution in [0.15, 0.2) is 48.8 Å². The van der Waals surface area contributed by atoms with Crippen LogP contribution in [0.4, 0.5) is 0 Å². The number of fused-ring (bicyclic) bond motifs is 1. The van der Waals surface area contributed by atoms with E-state index < -0.39 is 0 Å². The lowest BCUT2D eigenvalue weighted by Crippen LogP contribution is -2.30. The molecule has 0 aliphatic carbocycles. The molecule has 1 aliphatic rings. The molecular formula is C22H28N6O. The molecule has 0 saturated heterocycles. The van der Waals surface area contributed by atoms with Crippen molar-refractivity contribution in [1.29, 1.82) is 0 Å². The van der Waals surface area contributed by atoms with Crippen molar-refractivity contribution >= 4 is 5.91 Å². The summed E-state index contributed by atoms with van der Waals surface area (Å²) < 4.78 is 4.23. The predicted octanol–water partition coefficient (Wildman–Crippen LogP) is 2.57. The first kappa shape index (κ1) is 19.4. The number of rotatable bonds is 6. The van der Waals surface area contributed by atoms with E-state index in [9.17, 15) is 4.79 Å². The van der Waals surface area contributed by atoms with Crippen LogP contribution in [0.25, 0.3) is 0 Å². The molecule has 1 aromatic carbocycles. The Bertz CT molecular complexity index is 961. The van der Waals surface area contributed by atoms with Gasteiger partial charge in [-0.1, -0.05) is 18.2 Å². The lowest BCUT2D eigenvalue weighted by Gasteiger charge is -2.20. The molecule has 0 atom stereocenters. The molecule has 0 spiro atoms. The van der Waals surface area contributed by atoms with Gasteiger partial charge in [0.2, 0.25) is 0 Å². The normalized spacial score (nSPS) is 14.1. The average Bonchev–Trinajstić information content (AvgIpc) is 3.25. The van der Waals surface area contributed by atoms with Crippen LogP contribution in [-0.4, -0.2) is 55.2 Å². The quantitative estimate of drug-likeness (QED) is 0.647. The molecule has 0 saturated carbocycles. The smallest absolute Gasteiger partial charge is 0.254 e. The Hall–Kier alpha value is -2.93. The number of aryl methyl sites for hydroxylation is 2. The molecule has 2 aromatic heterocycles. The van der Waals surface area contributed by atoms with E-state index in [0.29, 0.717) is 6.54 Å². The van der Waals surface area contributed by atoms with E-state index in [0.717, 1.165) is 61.9 Å². The van der Waals surface area contributed by atoms with Gasteiger partial charge in [0.05, 0.1) is 17.9 Å². The molecule has 1 aliphatic heterocycles. The fraction of sp³-hybridized carbons (Fsp3) is 0.409. The Labute approximate surface area is 171 Å². The topological polar surface area (TPSA) is 59.2 Å². The van der Waals surface area contributed by atoms with E-state index in [1.807, 2.05) is 54.5 Å². The first-order valence-electron chi connectivity index (χ1n) is 10.2. The lowest BCUT2D eigenvalue weighted by molar-refractivity contribution is 0.0745. The molecule has 152 valence electrons. The highest BCUT2D eigenvalue weighted by Crippen LogP contribution is 2.17. The highest BCUT2D eigenvalue weighted by Gasteiger charge is 2.21. The summed E-state index contributed by atoms with van der Waals surface area (Å²) in [7, 11) is 2.11. The average molecular weight is 393 g/mol. The fourth-order valence-corrected chi connectivity index (χ4v) is 3.81. The number of amides is 1. The Balaban J connectivity index is 1.39. The van der Waals surface area contributed by atoms with Crippen molar-refractivity contribution in [3.63, 3.8) is 0 Å². The number of hydrogen-bond donors (Lipinski definition) is 0. The minimum Gasteiger partial charge on any atom is -0.334 e. The van der Waals surface area contributed by atoms with Gasteiger partial charge in [-0.3, -0.25) is 14.4 Å². The van der Waals surface area contributed by atoms with Gasteiger partial charge < -0.3 is 9.47 Å². The lowest BCUT2D eigenvalue weighted by atomic mass is 10.2. The Morgan fingerprint density at radius 1 is 1.21 bits per heavy atom. The summed E-state index contributed by atoms with van der Waals surface area (Å²) in [5.74, 6) is 1.13. The van der Waals surface area contributed by atoms with Gasteiger partial charge in [-0.05, 0) is 38.6 Å². The predicted molar refractivity (Wildman–Crippen MR) is 111 cm³/mol. The van der Waals surface area contributed by atoms with Gasteiger partial charge in [0.1, 0.15) is 5.82 Å². The van der Waals surface area contributed by atoms with Gasteiger partial charge in [-0.25, -0.2) is 4.98 Å². The van der Waals surface area contributed by atoms with Gasteiger partial charge in [0.25, 0.3) is 5.91 Å². The molecule has 4 rings (SSSR count). The number of aromatic nitrogens is 4. The molecule has 0 bridgehead atoms. The third-order valence-corrected chi connectivity index (χ3v) is 5.45. The minimum absolute atomic E-state index is 0.0922. The summed E-state index contributed by atoms with van der Waals surface area (Å²) >= 11 is 0. The standard InChI is InChI=1S/C22H28N6O/c1-18-23-9-12-26(18)14-13-25(2)16-20-15-21-17-27(10-6-11-28(21)24-20)22(29)19-7-4-3-5-8-19/h3-5,7-9,12,15H,6,10-11,13-14,16-17H2,1-2H3. The van der Waals surface area contributed by atoms with E-state index in [2.05, 4.69) is 32.2 Å². The maximum atomic E-state index is 12.9. The first-order chi connectivity index (χ1) is 14.1. The van der Waals surface area contributed by atoms with Crippen molar-refractivity contribution in [2.24, 2.45) is 0 Å². The van der Waals surface area contributed by atoms with Crippen molar-refractivity contribution in [3.05, 3.63) is 71.6 Å². The molecule has 0 radical (unpaired) electrons. The van der Waals surface area contributed by atoms with Crippen LogP contribution in [0.3, 0.4) is 0 Å². The molecule has 0 unspecified atom stereocenters. The van der Waals surface area contributed by atoms with Crippen LogP contribution in [0.1, 0.15) is 34.0 Å². The third-order valence-electron chi connectivity index (χ3n) is 5.45. The number of likely N-dealkylation sites (N-methyl/N-ethyl adjacent to an activating group) is 1. The molecule has 7 nitrogen and oxygen atoms in total. The molecule has 3 aromatic rings. The van der Waals surface area contributed by atoms with Crippen LogP contribution >= 0.6 is 0 Å². The summed E-state index contributed by atoms with van der Waals surface area (Å²) in [6.07, 6.45) is 4.77. The number of imidazole rings is 1. The number of carbonyl (C=O) groups is 1. The van der Waals surface area contributed by atoms with Crippen LogP contribution in [0, 0.1) is 6.92 Å². The Kier molecular flexibility index (Phi) is 5.76. The van der Waals surface area contributed by atoms with Gasteiger partial charge in [0.15, 0.2) is 0 Å². The van der Waals surface area contributed by atoms with Crippen molar-refractivity contribution < 1.29 is 4.79 Å².